The van der Waals surface area contributed by atoms with Gasteiger partial charge in [0.05, 0.1) is 5.56 Å². The highest BCUT2D eigenvalue weighted by Gasteiger charge is 2.60. The van der Waals surface area contributed by atoms with Crippen molar-refractivity contribution in [2.45, 2.75) is 71.3 Å². The topological polar surface area (TPSA) is 75.7 Å². The van der Waals surface area contributed by atoms with Crippen LogP contribution in [0, 0.1) is 34.5 Å². The minimum absolute atomic E-state index is 0.224. The number of amides is 2. The minimum atomic E-state index is -0.467. The summed E-state index contributed by atoms with van der Waals surface area (Å²) in [4.78, 5) is 39.0. The summed E-state index contributed by atoms with van der Waals surface area (Å²) in [7, 11) is 2.02. The van der Waals surface area contributed by atoms with Crippen LogP contribution in [0.25, 0.3) is 0 Å². The number of rotatable bonds is 5. The molecule has 35 heavy (non-hydrogen) atoms. The molecule has 4 fully saturated rings. The van der Waals surface area contributed by atoms with E-state index in [1.807, 2.05) is 13.1 Å². The third-order valence-corrected chi connectivity index (χ3v) is 10.6. The van der Waals surface area contributed by atoms with Crippen molar-refractivity contribution in [3.63, 3.8) is 0 Å². The number of nitrogens with one attached hydrogen (secondary N) is 1. The first kappa shape index (κ1) is 24.3. The zero-order valence-corrected chi connectivity index (χ0v) is 21.4. The molecule has 1 aromatic carbocycles. The van der Waals surface area contributed by atoms with E-state index in [1.54, 1.807) is 24.3 Å². The first-order valence-corrected chi connectivity index (χ1v) is 13.5. The van der Waals surface area contributed by atoms with Gasteiger partial charge >= 0.3 is 5.97 Å². The number of hydrogen-bond acceptors (Lipinski definition) is 4. The van der Waals surface area contributed by atoms with E-state index in [9.17, 15) is 14.4 Å². The van der Waals surface area contributed by atoms with Crippen LogP contribution in [0.3, 0.4) is 0 Å². The van der Waals surface area contributed by atoms with Gasteiger partial charge in [-0.05, 0) is 91.6 Å². The maximum Gasteiger partial charge on any atom is 0.338 e. The number of fused-ring (bicyclic) bond motifs is 5. The average molecular weight is 481 g/mol. The summed E-state index contributed by atoms with van der Waals surface area (Å²) < 4.78 is 5.21. The Morgan fingerprint density at radius 1 is 1.00 bits per heavy atom. The van der Waals surface area contributed by atoms with Crippen molar-refractivity contribution in [3.05, 3.63) is 35.9 Å². The summed E-state index contributed by atoms with van der Waals surface area (Å²) in [5, 5.41) is 3.06. The molecule has 0 unspecified atom stereocenters. The number of esters is 1. The lowest BCUT2D eigenvalue weighted by atomic mass is 9.47. The standard InChI is InChI=1S/C29H40N2O4/c1-28-15-13-23-21(10-12-24-29(23,2)16-14-26(33)31(24)3)22(28)11-9-20(28)17-30-25(32)18-35-27(34)19-7-5-4-6-8-19/h4-8,20-24H,9-18H2,1-3H3,(H,30,32)/t20-,21+,22+,23+,24-,28-,29-/m1/s1. The fourth-order valence-corrected chi connectivity index (χ4v) is 8.67. The van der Waals surface area contributed by atoms with E-state index in [0.717, 1.165) is 25.2 Å². The molecule has 0 spiro atoms. The Morgan fingerprint density at radius 2 is 1.74 bits per heavy atom. The molecule has 3 saturated carbocycles. The Balaban J connectivity index is 1.18. The molecule has 6 heteroatoms. The van der Waals surface area contributed by atoms with Gasteiger partial charge in [0.2, 0.25) is 5.91 Å². The molecule has 190 valence electrons. The van der Waals surface area contributed by atoms with E-state index in [4.69, 9.17) is 4.74 Å². The Morgan fingerprint density at radius 3 is 2.51 bits per heavy atom. The number of carbonyl (C=O) groups excluding carboxylic acids is 3. The van der Waals surface area contributed by atoms with Crippen LogP contribution in [-0.4, -0.2) is 48.9 Å². The smallest absolute Gasteiger partial charge is 0.338 e. The predicted octanol–water partition coefficient (Wildman–Crippen LogP) is 4.44. The van der Waals surface area contributed by atoms with Gasteiger partial charge < -0.3 is 15.0 Å². The van der Waals surface area contributed by atoms with Gasteiger partial charge in [-0.15, -0.1) is 0 Å². The summed E-state index contributed by atoms with van der Waals surface area (Å²) in [6, 6.07) is 9.17. The molecule has 1 aromatic rings. The molecule has 3 aliphatic carbocycles. The average Bonchev–Trinajstić information content (AvgIpc) is 3.20. The van der Waals surface area contributed by atoms with Gasteiger partial charge in [-0.2, -0.15) is 0 Å². The molecule has 4 aliphatic rings. The molecule has 0 bridgehead atoms. The van der Waals surface area contributed by atoms with Crippen molar-refractivity contribution in [2.75, 3.05) is 20.2 Å². The van der Waals surface area contributed by atoms with E-state index in [0.29, 0.717) is 48.2 Å². The van der Waals surface area contributed by atoms with E-state index >= 15 is 0 Å². The van der Waals surface area contributed by atoms with Crippen molar-refractivity contribution in [1.82, 2.24) is 10.2 Å². The van der Waals surface area contributed by atoms with Crippen molar-refractivity contribution in [3.8, 4) is 0 Å². The summed E-state index contributed by atoms with van der Waals surface area (Å²) in [5.74, 6) is 2.20. The van der Waals surface area contributed by atoms with Crippen LogP contribution in [0.4, 0.5) is 0 Å². The SMILES string of the molecule is CN1C(=O)CC[C@]2(C)[C@H]3CC[C@]4(C)[C@@H](CNC(=O)COC(=O)c5ccccc5)CC[C@H]4[C@@H]3CC[C@@H]12. The van der Waals surface area contributed by atoms with Crippen LogP contribution in [0.5, 0.6) is 0 Å². The van der Waals surface area contributed by atoms with E-state index in [-0.39, 0.29) is 23.3 Å². The van der Waals surface area contributed by atoms with Gasteiger partial charge in [0.1, 0.15) is 0 Å². The number of likely N-dealkylation sites (tertiary alicyclic amines) is 1. The van der Waals surface area contributed by atoms with Crippen molar-refractivity contribution in [1.29, 1.82) is 0 Å². The molecular weight excluding hydrogens is 440 g/mol. The molecule has 7 atom stereocenters. The molecule has 0 radical (unpaired) electrons. The van der Waals surface area contributed by atoms with Crippen LogP contribution in [0.1, 0.15) is 75.6 Å². The Bertz CT molecular complexity index is 980. The maximum absolute atomic E-state index is 12.5. The molecule has 6 nitrogen and oxygen atoms in total. The van der Waals surface area contributed by atoms with Crippen molar-refractivity contribution >= 4 is 17.8 Å². The number of nitrogens with zero attached hydrogens (tertiary/aromatic N) is 1. The molecule has 5 rings (SSSR count). The quantitative estimate of drug-likeness (QED) is 0.632. The minimum Gasteiger partial charge on any atom is -0.452 e. The second-order valence-corrected chi connectivity index (χ2v) is 12.0. The fourth-order valence-electron chi connectivity index (χ4n) is 8.67. The summed E-state index contributed by atoms with van der Waals surface area (Å²) >= 11 is 0. The van der Waals surface area contributed by atoms with Gasteiger partial charge in [0.15, 0.2) is 6.61 Å². The highest BCUT2D eigenvalue weighted by atomic mass is 16.5. The highest BCUT2D eigenvalue weighted by Crippen LogP contribution is 2.66. The number of piperidine rings is 1. The predicted molar refractivity (Wildman–Crippen MR) is 133 cm³/mol. The largest absolute Gasteiger partial charge is 0.452 e. The van der Waals surface area contributed by atoms with Crippen molar-refractivity contribution in [2.24, 2.45) is 34.5 Å². The van der Waals surface area contributed by atoms with Crippen LogP contribution < -0.4 is 5.32 Å². The molecule has 1 saturated heterocycles. The van der Waals surface area contributed by atoms with Crippen molar-refractivity contribution < 1.29 is 19.1 Å². The third kappa shape index (κ3) is 4.17. The van der Waals surface area contributed by atoms with Crippen LogP contribution in [0.2, 0.25) is 0 Å². The number of ether oxygens (including phenoxy) is 1. The van der Waals surface area contributed by atoms with E-state index < -0.39 is 5.97 Å². The molecule has 0 aromatic heterocycles. The maximum atomic E-state index is 12.5. The zero-order chi connectivity index (χ0) is 24.8. The lowest BCUT2D eigenvalue weighted by Gasteiger charge is -2.61. The molecule has 1 N–H and O–H groups in total. The lowest BCUT2D eigenvalue weighted by molar-refractivity contribution is -0.158. The van der Waals surface area contributed by atoms with Gasteiger partial charge in [-0.3, -0.25) is 9.59 Å². The monoisotopic (exact) mass is 480 g/mol. The third-order valence-electron chi connectivity index (χ3n) is 10.6. The number of hydrogen-bond donors (Lipinski definition) is 1. The summed E-state index contributed by atoms with van der Waals surface area (Å²) in [5.41, 5.74) is 0.941. The van der Waals surface area contributed by atoms with Crippen LogP contribution in [-0.2, 0) is 14.3 Å². The lowest BCUT2D eigenvalue weighted by Crippen LogP contribution is -2.61. The Kier molecular flexibility index (Phi) is 6.43. The van der Waals surface area contributed by atoms with Gasteiger partial charge in [-0.1, -0.05) is 32.0 Å². The molecular formula is C29H40N2O4. The number of benzene rings is 1. The zero-order valence-electron chi connectivity index (χ0n) is 21.4. The molecule has 2 amide bonds. The second-order valence-electron chi connectivity index (χ2n) is 12.0. The van der Waals surface area contributed by atoms with E-state index in [1.165, 1.54) is 25.7 Å². The van der Waals surface area contributed by atoms with E-state index in [2.05, 4.69) is 24.1 Å². The Labute approximate surface area is 209 Å². The normalized spacial score (nSPS) is 38.2. The first-order valence-electron chi connectivity index (χ1n) is 13.5. The summed E-state index contributed by atoms with van der Waals surface area (Å²) in [6.45, 7) is 5.34. The fraction of sp³-hybridized carbons (Fsp3) is 0.690. The first-order chi connectivity index (χ1) is 16.7. The summed E-state index contributed by atoms with van der Waals surface area (Å²) in [6.07, 6.45) is 8.88. The Hall–Kier alpha value is -2.37. The van der Waals surface area contributed by atoms with Gasteiger partial charge in [0.25, 0.3) is 5.91 Å². The van der Waals surface area contributed by atoms with Crippen LogP contribution >= 0.6 is 0 Å². The molecule has 1 aliphatic heterocycles. The molecule has 1 heterocycles. The van der Waals surface area contributed by atoms with Crippen LogP contribution in [0.15, 0.2) is 30.3 Å². The van der Waals surface area contributed by atoms with Gasteiger partial charge in [-0.25, -0.2) is 4.79 Å². The second kappa shape index (κ2) is 9.25. The number of carbonyl (C=O) groups is 3. The highest BCUT2D eigenvalue weighted by molar-refractivity contribution is 5.91. The van der Waals surface area contributed by atoms with Gasteiger partial charge in [0, 0.05) is 26.1 Å².